The predicted octanol–water partition coefficient (Wildman–Crippen LogP) is 0.578. The average molecular weight is 254 g/mol. The van der Waals surface area contributed by atoms with Crippen LogP contribution in [0.2, 0.25) is 0 Å². The summed E-state index contributed by atoms with van der Waals surface area (Å²) in [5.41, 5.74) is 6.82. The Morgan fingerprint density at radius 2 is 2.39 bits per heavy atom. The molecule has 0 aromatic heterocycles. The second-order valence-corrected chi connectivity index (χ2v) is 4.86. The van der Waals surface area contributed by atoms with Crippen LogP contribution in [0.3, 0.4) is 0 Å². The maximum absolute atomic E-state index is 5.80. The summed E-state index contributed by atoms with van der Waals surface area (Å²) >= 11 is 0. The first kappa shape index (κ1) is 15.0. The summed E-state index contributed by atoms with van der Waals surface area (Å²) in [4.78, 5) is 6.66. The molecular formula is C13H26N4O. The summed E-state index contributed by atoms with van der Waals surface area (Å²) in [5, 5.41) is 3.19. The van der Waals surface area contributed by atoms with Crippen LogP contribution in [-0.4, -0.2) is 56.8 Å². The van der Waals surface area contributed by atoms with E-state index in [0.29, 0.717) is 18.5 Å². The van der Waals surface area contributed by atoms with E-state index in [9.17, 15) is 0 Å². The summed E-state index contributed by atoms with van der Waals surface area (Å²) in [6.07, 6.45) is 2.46. The second kappa shape index (κ2) is 8.11. The van der Waals surface area contributed by atoms with Crippen molar-refractivity contribution in [2.45, 2.75) is 25.8 Å². The van der Waals surface area contributed by atoms with E-state index in [-0.39, 0.29) is 0 Å². The van der Waals surface area contributed by atoms with E-state index >= 15 is 0 Å². The topological polar surface area (TPSA) is 62.9 Å². The number of nitrogens with two attached hydrogens (primary N) is 1. The fourth-order valence-corrected chi connectivity index (χ4v) is 2.13. The Bertz CT molecular complexity index is 291. The molecule has 0 amide bonds. The molecule has 1 fully saturated rings. The lowest BCUT2D eigenvalue weighted by atomic mass is 10.2. The van der Waals surface area contributed by atoms with Gasteiger partial charge in [0.15, 0.2) is 5.96 Å². The lowest BCUT2D eigenvalue weighted by Gasteiger charge is -2.24. The lowest BCUT2D eigenvalue weighted by molar-refractivity contribution is 0.141. The third-order valence-electron chi connectivity index (χ3n) is 3.12. The zero-order valence-electron chi connectivity index (χ0n) is 11.6. The highest BCUT2D eigenvalue weighted by atomic mass is 16.5. The minimum atomic E-state index is 0.511. The van der Waals surface area contributed by atoms with Gasteiger partial charge in [0.1, 0.15) is 0 Å². The molecule has 1 saturated heterocycles. The highest BCUT2D eigenvalue weighted by Crippen LogP contribution is 2.15. The van der Waals surface area contributed by atoms with Crippen LogP contribution in [0.25, 0.3) is 0 Å². The summed E-state index contributed by atoms with van der Waals surface area (Å²) in [6, 6.07) is 0.540. The Morgan fingerprint density at radius 3 is 3.06 bits per heavy atom. The van der Waals surface area contributed by atoms with Crippen molar-refractivity contribution in [1.29, 1.82) is 0 Å². The minimum Gasteiger partial charge on any atom is -0.383 e. The molecule has 104 valence electrons. The molecule has 0 bridgehead atoms. The molecule has 1 aliphatic rings. The molecule has 5 heteroatoms. The molecule has 0 radical (unpaired) electrons. The predicted molar refractivity (Wildman–Crippen MR) is 75.8 cm³/mol. The van der Waals surface area contributed by atoms with Crippen LogP contribution in [0, 0.1) is 0 Å². The van der Waals surface area contributed by atoms with Gasteiger partial charge in [-0.1, -0.05) is 12.2 Å². The number of likely N-dealkylation sites (tertiary alicyclic amines) is 1. The van der Waals surface area contributed by atoms with Crippen LogP contribution < -0.4 is 11.1 Å². The van der Waals surface area contributed by atoms with Gasteiger partial charge in [0.25, 0.3) is 0 Å². The summed E-state index contributed by atoms with van der Waals surface area (Å²) in [6.45, 7) is 10.1. The molecule has 1 heterocycles. The van der Waals surface area contributed by atoms with Crippen LogP contribution >= 0.6 is 0 Å². The molecule has 5 nitrogen and oxygen atoms in total. The van der Waals surface area contributed by atoms with E-state index in [1.165, 1.54) is 12.8 Å². The van der Waals surface area contributed by atoms with Crippen molar-refractivity contribution in [1.82, 2.24) is 10.2 Å². The first-order valence-corrected chi connectivity index (χ1v) is 6.54. The van der Waals surface area contributed by atoms with Gasteiger partial charge in [-0.25, -0.2) is 4.99 Å². The van der Waals surface area contributed by atoms with E-state index in [1.54, 1.807) is 7.11 Å². The number of nitrogens with one attached hydrogen (secondary N) is 1. The molecule has 1 rings (SSSR count). The first-order chi connectivity index (χ1) is 8.63. The fourth-order valence-electron chi connectivity index (χ4n) is 2.13. The molecule has 1 atom stereocenters. The Morgan fingerprint density at radius 1 is 1.61 bits per heavy atom. The molecular weight excluding hydrogens is 228 g/mol. The normalized spacial score (nSPS) is 21.2. The van der Waals surface area contributed by atoms with Gasteiger partial charge in [-0.05, 0) is 26.3 Å². The molecule has 18 heavy (non-hydrogen) atoms. The van der Waals surface area contributed by atoms with Gasteiger partial charge < -0.3 is 15.8 Å². The third-order valence-corrected chi connectivity index (χ3v) is 3.12. The molecule has 3 N–H and O–H groups in total. The van der Waals surface area contributed by atoms with Crippen molar-refractivity contribution in [3.8, 4) is 0 Å². The second-order valence-electron chi connectivity index (χ2n) is 4.86. The van der Waals surface area contributed by atoms with Crippen LogP contribution in [0.15, 0.2) is 17.1 Å². The zero-order valence-corrected chi connectivity index (χ0v) is 11.6. The van der Waals surface area contributed by atoms with Crippen molar-refractivity contribution in [2.24, 2.45) is 10.7 Å². The van der Waals surface area contributed by atoms with Crippen LogP contribution in [0.1, 0.15) is 19.8 Å². The van der Waals surface area contributed by atoms with E-state index in [2.05, 4.69) is 21.8 Å². The van der Waals surface area contributed by atoms with Gasteiger partial charge in [-0.15, -0.1) is 0 Å². The number of nitrogens with zero attached hydrogens (tertiary/aromatic N) is 2. The van der Waals surface area contributed by atoms with E-state index in [0.717, 1.165) is 31.8 Å². The number of guanidine groups is 1. The van der Waals surface area contributed by atoms with Gasteiger partial charge in [0, 0.05) is 26.2 Å². The molecule has 1 unspecified atom stereocenters. The SMILES string of the molecule is C=C(C)CN=C(N)NCC1CCCN1CCOC. The Hall–Kier alpha value is -1.07. The number of ether oxygens (including phenoxy) is 1. The molecule has 0 aromatic rings. The number of aliphatic imine (C=N–C) groups is 1. The van der Waals surface area contributed by atoms with E-state index in [1.807, 2.05) is 6.92 Å². The Labute approximate surface area is 110 Å². The van der Waals surface area contributed by atoms with Gasteiger partial charge in [0.05, 0.1) is 13.2 Å². The lowest BCUT2D eigenvalue weighted by Crippen LogP contribution is -2.43. The molecule has 0 aliphatic carbocycles. The van der Waals surface area contributed by atoms with Crippen LogP contribution in [0.5, 0.6) is 0 Å². The van der Waals surface area contributed by atoms with E-state index < -0.39 is 0 Å². The largest absolute Gasteiger partial charge is 0.383 e. The van der Waals surface area contributed by atoms with Gasteiger partial charge >= 0.3 is 0 Å². The molecule has 0 spiro atoms. The van der Waals surface area contributed by atoms with Crippen molar-refractivity contribution in [2.75, 3.05) is 39.9 Å². The van der Waals surface area contributed by atoms with Crippen molar-refractivity contribution < 1.29 is 4.74 Å². The average Bonchev–Trinajstić information content (AvgIpc) is 2.78. The van der Waals surface area contributed by atoms with Crippen molar-refractivity contribution in [3.63, 3.8) is 0 Å². The minimum absolute atomic E-state index is 0.511. The van der Waals surface area contributed by atoms with Gasteiger partial charge in [-0.2, -0.15) is 0 Å². The van der Waals surface area contributed by atoms with Gasteiger partial charge in [-0.3, -0.25) is 4.90 Å². The fraction of sp³-hybridized carbons (Fsp3) is 0.769. The monoisotopic (exact) mass is 254 g/mol. The quantitative estimate of drug-likeness (QED) is 0.396. The standard InChI is InChI=1S/C13H26N4O/c1-11(2)9-15-13(14)16-10-12-5-4-6-17(12)7-8-18-3/h12H,1,4-10H2,2-3H3,(H3,14,15,16). The number of hydrogen-bond donors (Lipinski definition) is 2. The first-order valence-electron chi connectivity index (χ1n) is 6.54. The van der Waals surface area contributed by atoms with Crippen LogP contribution in [0.4, 0.5) is 0 Å². The number of rotatable bonds is 7. The summed E-state index contributed by atoms with van der Waals surface area (Å²) < 4.78 is 5.12. The maximum atomic E-state index is 5.80. The Balaban J connectivity index is 2.28. The van der Waals surface area contributed by atoms with Crippen molar-refractivity contribution in [3.05, 3.63) is 12.2 Å². The highest BCUT2D eigenvalue weighted by Gasteiger charge is 2.23. The highest BCUT2D eigenvalue weighted by molar-refractivity contribution is 5.77. The maximum Gasteiger partial charge on any atom is 0.188 e. The van der Waals surface area contributed by atoms with Crippen LogP contribution in [-0.2, 0) is 4.74 Å². The third kappa shape index (κ3) is 5.51. The molecule has 0 saturated carbocycles. The Kier molecular flexibility index (Phi) is 6.75. The summed E-state index contributed by atoms with van der Waals surface area (Å²) in [7, 11) is 1.74. The smallest absolute Gasteiger partial charge is 0.188 e. The molecule has 1 aliphatic heterocycles. The van der Waals surface area contributed by atoms with Crippen molar-refractivity contribution >= 4 is 5.96 Å². The van der Waals surface area contributed by atoms with Gasteiger partial charge in [0.2, 0.25) is 0 Å². The summed E-state index contributed by atoms with van der Waals surface area (Å²) in [5.74, 6) is 0.511. The molecule has 0 aromatic carbocycles. The number of methoxy groups -OCH3 is 1. The van der Waals surface area contributed by atoms with E-state index in [4.69, 9.17) is 10.5 Å². The number of hydrogen-bond acceptors (Lipinski definition) is 3. The zero-order chi connectivity index (χ0) is 13.4.